The highest BCUT2D eigenvalue weighted by atomic mass is 16.5. The minimum atomic E-state index is 0.0405. The number of nitrogens with one attached hydrogen (secondary N) is 2. The van der Waals surface area contributed by atoms with Crippen molar-refractivity contribution in [2.45, 2.75) is 26.3 Å². The molecular weight excluding hydrogens is 302 g/mol. The zero-order valence-electron chi connectivity index (χ0n) is 13.9. The molecule has 0 fully saturated rings. The van der Waals surface area contributed by atoms with Crippen molar-refractivity contribution in [2.24, 2.45) is 0 Å². The first-order valence-corrected chi connectivity index (χ1v) is 7.99. The molecule has 3 aromatic rings. The van der Waals surface area contributed by atoms with E-state index in [1.807, 2.05) is 49.4 Å². The Hall–Kier alpha value is -2.82. The van der Waals surface area contributed by atoms with Crippen molar-refractivity contribution in [3.8, 4) is 5.75 Å². The molecule has 0 saturated carbocycles. The number of methoxy groups -OCH3 is 1. The number of carbonyl (C=O) groups excluding carboxylic acids is 1. The summed E-state index contributed by atoms with van der Waals surface area (Å²) in [5, 5.41) is 2.96. The van der Waals surface area contributed by atoms with E-state index in [2.05, 4.69) is 15.3 Å². The maximum absolute atomic E-state index is 12.0. The number of carbonyl (C=O) groups is 1. The molecule has 24 heavy (non-hydrogen) atoms. The van der Waals surface area contributed by atoms with E-state index in [4.69, 9.17) is 4.74 Å². The molecule has 1 amide bonds. The monoisotopic (exact) mass is 323 g/mol. The summed E-state index contributed by atoms with van der Waals surface area (Å²) in [5.41, 5.74) is 4.09. The van der Waals surface area contributed by atoms with Crippen LogP contribution in [0.1, 0.15) is 23.4 Å². The normalized spacial score (nSPS) is 10.8. The molecule has 2 N–H and O–H groups in total. The van der Waals surface area contributed by atoms with Gasteiger partial charge < -0.3 is 15.0 Å². The van der Waals surface area contributed by atoms with Gasteiger partial charge in [0, 0.05) is 13.0 Å². The van der Waals surface area contributed by atoms with Crippen molar-refractivity contribution in [1.29, 1.82) is 0 Å². The average molecular weight is 323 g/mol. The van der Waals surface area contributed by atoms with Crippen LogP contribution in [0.25, 0.3) is 11.0 Å². The maximum atomic E-state index is 12.0. The molecule has 0 radical (unpaired) electrons. The van der Waals surface area contributed by atoms with Crippen LogP contribution >= 0.6 is 0 Å². The number of aromatic nitrogens is 2. The standard InChI is InChI=1S/C19H21N3O2/c1-13-21-17-8-6-15(11-18(17)22-13)12-20-19(23)9-7-14-4-3-5-16(10-14)24-2/h3-6,8,10-11H,7,9,12H2,1-2H3,(H,20,23)(H,21,22). The molecule has 0 bridgehead atoms. The minimum Gasteiger partial charge on any atom is -0.497 e. The number of fused-ring (bicyclic) bond motifs is 1. The summed E-state index contributed by atoms with van der Waals surface area (Å²) >= 11 is 0. The number of H-pyrrole nitrogens is 1. The predicted molar refractivity (Wildman–Crippen MR) is 94.0 cm³/mol. The summed E-state index contributed by atoms with van der Waals surface area (Å²) in [6.07, 6.45) is 1.15. The Morgan fingerprint density at radius 1 is 1.21 bits per heavy atom. The summed E-state index contributed by atoms with van der Waals surface area (Å²) in [6, 6.07) is 13.8. The quantitative estimate of drug-likeness (QED) is 0.732. The second-order valence-electron chi connectivity index (χ2n) is 5.80. The Balaban J connectivity index is 1.52. The van der Waals surface area contributed by atoms with E-state index in [-0.39, 0.29) is 5.91 Å². The van der Waals surface area contributed by atoms with Gasteiger partial charge in [-0.15, -0.1) is 0 Å². The van der Waals surface area contributed by atoms with E-state index < -0.39 is 0 Å². The SMILES string of the molecule is COc1cccc(CCC(=O)NCc2ccc3nc(C)[nH]c3c2)c1. The third-order valence-corrected chi connectivity index (χ3v) is 3.93. The summed E-state index contributed by atoms with van der Waals surface area (Å²) in [4.78, 5) is 19.6. The lowest BCUT2D eigenvalue weighted by Gasteiger charge is -2.07. The Morgan fingerprint density at radius 3 is 2.92 bits per heavy atom. The fraction of sp³-hybridized carbons (Fsp3) is 0.263. The summed E-state index contributed by atoms with van der Waals surface area (Å²) in [6.45, 7) is 2.45. The van der Waals surface area contributed by atoms with Crippen molar-refractivity contribution >= 4 is 16.9 Å². The molecule has 0 spiro atoms. The Kier molecular flexibility index (Phi) is 4.79. The fourth-order valence-electron chi connectivity index (χ4n) is 2.67. The molecule has 2 aromatic carbocycles. The van der Waals surface area contributed by atoms with Gasteiger partial charge in [0.15, 0.2) is 0 Å². The van der Waals surface area contributed by atoms with Crippen LogP contribution in [0.5, 0.6) is 5.75 Å². The molecule has 0 aliphatic heterocycles. The lowest BCUT2D eigenvalue weighted by atomic mass is 10.1. The number of benzene rings is 2. The predicted octanol–water partition coefficient (Wildman–Crippen LogP) is 3.13. The van der Waals surface area contributed by atoms with Crippen molar-refractivity contribution in [1.82, 2.24) is 15.3 Å². The average Bonchev–Trinajstić information content (AvgIpc) is 2.97. The van der Waals surface area contributed by atoms with E-state index in [9.17, 15) is 4.79 Å². The van der Waals surface area contributed by atoms with Crippen LogP contribution < -0.4 is 10.1 Å². The van der Waals surface area contributed by atoms with Gasteiger partial charge in [-0.1, -0.05) is 18.2 Å². The van der Waals surface area contributed by atoms with Gasteiger partial charge in [-0.2, -0.15) is 0 Å². The van der Waals surface area contributed by atoms with Gasteiger partial charge in [-0.3, -0.25) is 4.79 Å². The molecule has 5 heteroatoms. The van der Waals surface area contributed by atoms with Gasteiger partial charge in [-0.05, 0) is 48.7 Å². The Bertz CT molecular complexity index is 855. The van der Waals surface area contributed by atoms with Crippen LogP contribution in [0.4, 0.5) is 0 Å². The van der Waals surface area contributed by atoms with Crippen molar-refractivity contribution in [3.63, 3.8) is 0 Å². The van der Waals surface area contributed by atoms with Gasteiger partial charge in [0.2, 0.25) is 5.91 Å². The van der Waals surface area contributed by atoms with Crippen LogP contribution in [-0.4, -0.2) is 23.0 Å². The summed E-state index contributed by atoms with van der Waals surface area (Å²) < 4.78 is 5.20. The first-order valence-electron chi connectivity index (χ1n) is 7.99. The molecule has 124 valence electrons. The van der Waals surface area contributed by atoms with Gasteiger partial charge in [-0.25, -0.2) is 4.98 Å². The van der Waals surface area contributed by atoms with E-state index in [1.54, 1.807) is 7.11 Å². The van der Waals surface area contributed by atoms with Crippen LogP contribution in [0, 0.1) is 6.92 Å². The molecule has 1 aromatic heterocycles. The smallest absolute Gasteiger partial charge is 0.220 e. The number of amides is 1. The van der Waals surface area contributed by atoms with Gasteiger partial charge in [0.25, 0.3) is 0 Å². The minimum absolute atomic E-state index is 0.0405. The number of aromatic amines is 1. The second kappa shape index (κ2) is 7.17. The van der Waals surface area contributed by atoms with Crippen LogP contribution in [0.3, 0.4) is 0 Å². The molecule has 0 aliphatic carbocycles. The topological polar surface area (TPSA) is 67.0 Å². The highest BCUT2D eigenvalue weighted by molar-refractivity contribution is 5.77. The van der Waals surface area contributed by atoms with E-state index in [0.29, 0.717) is 19.4 Å². The number of nitrogens with zero attached hydrogens (tertiary/aromatic N) is 1. The molecule has 0 atom stereocenters. The highest BCUT2D eigenvalue weighted by Crippen LogP contribution is 2.15. The van der Waals surface area contributed by atoms with Crippen molar-refractivity contribution < 1.29 is 9.53 Å². The molecule has 1 heterocycles. The van der Waals surface area contributed by atoms with Crippen LogP contribution in [0.15, 0.2) is 42.5 Å². The lowest BCUT2D eigenvalue weighted by Crippen LogP contribution is -2.22. The largest absolute Gasteiger partial charge is 0.497 e. The van der Waals surface area contributed by atoms with Gasteiger partial charge >= 0.3 is 0 Å². The highest BCUT2D eigenvalue weighted by Gasteiger charge is 2.05. The fourth-order valence-corrected chi connectivity index (χ4v) is 2.67. The Labute approximate surface area is 141 Å². The lowest BCUT2D eigenvalue weighted by molar-refractivity contribution is -0.121. The van der Waals surface area contributed by atoms with Crippen molar-refractivity contribution in [2.75, 3.05) is 7.11 Å². The third-order valence-electron chi connectivity index (χ3n) is 3.93. The van der Waals surface area contributed by atoms with Gasteiger partial charge in [0.05, 0.1) is 18.1 Å². The summed E-state index contributed by atoms with van der Waals surface area (Å²) in [5.74, 6) is 1.75. The molecule has 0 saturated heterocycles. The number of hydrogen-bond acceptors (Lipinski definition) is 3. The molecular formula is C19H21N3O2. The molecule has 0 aliphatic rings. The second-order valence-corrected chi connectivity index (χ2v) is 5.80. The van der Waals surface area contributed by atoms with E-state index in [0.717, 1.165) is 33.7 Å². The number of rotatable bonds is 6. The third kappa shape index (κ3) is 3.93. The zero-order chi connectivity index (χ0) is 16.9. The van der Waals surface area contributed by atoms with Crippen LogP contribution in [0.2, 0.25) is 0 Å². The molecule has 0 unspecified atom stereocenters. The first kappa shape index (κ1) is 16.1. The number of aryl methyl sites for hydroxylation is 2. The number of imidazole rings is 1. The molecule has 5 nitrogen and oxygen atoms in total. The summed E-state index contributed by atoms with van der Waals surface area (Å²) in [7, 11) is 1.64. The zero-order valence-corrected chi connectivity index (χ0v) is 13.9. The van der Waals surface area contributed by atoms with Crippen molar-refractivity contribution in [3.05, 3.63) is 59.4 Å². The number of ether oxygens (including phenoxy) is 1. The number of hydrogen-bond donors (Lipinski definition) is 2. The Morgan fingerprint density at radius 2 is 2.08 bits per heavy atom. The van der Waals surface area contributed by atoms with E-state index >= 15 is 0 Å². The maximum Gasteiger partial charge on any atom is 0.220 e. The molecule has 3 rings (SSSR count). The first-order chi connectivity index (χ1) is 11.6. The van der Waals surface area contributed by atoms with Crippen LogP contribution in [-0.2, 0) is 17.8 Å². The van der Waals surface area contributed by atoms with Gasteiger partial charge in [0.1, 0.15) is 11.6 Å². The van der Waals surface area contributed by atoms with E-state index in [1.165, 1.54) is 0 Å².